The second-order valence-corrected chi connectivity index (χ2v) is 9.15. The van der Waals surface area contributed by atoms with Gasteiger partial charge in [-0.2, -0.15) is 0 Å². The van der Waals surface area contributed by atoms with Crippen LogP contribution < -0.4 is 20.1 Å². The number of rotatable bonds is 10. The minimum Gasteiger partial charge on any atom is -0.493 e. The second-order valence-electron chi connectivity index (χ2n) is 9.15. The Morgan fingerprint density at radius 2 is 1.82 bits per heavy atom. The van der Waals surface area contributed by atoms with Crippen LogP contribution in [0.5, 0.6) is 11.5 Å². The Kier molecular flexibility index (Phi) is 7.17. The van der Waals surface area contributed by atoms with Crippen LogP contribution in [0.1, 0.15) is 34.5 Å². The molecule has 1 aliphatic carbocycles. The third-order valence-corrected chi connectivity index (χ3v) is 6.62. The number of carbonyl (C=O) groups is 2. The topological polar surface area (TPSA) is 104 Å². The molecule has 9 nitrogen and oxygen atoms in total. The lowest BCUT2D eigenvalue weighted by Gasteiger charge is -2.14. The summed E-state index contributed by atoms with van der Waals surface area (Å²) in [7, 11) is 4.54. The van der Waals surface area contributed by atoms with Crippen molar-refractivity contribution in [2.24, 2.45) is 5.92 Å². The van der Waals surface area contributed by atoms with Crippen LogP contribution in [0.3, 0.4) is 0 Å². The van der Waals surface area contributed by atoms with Gasteiger partial charge in [-0.05, 0) is 30.5 Å². The van der Waals surface area contributed by atoms with Crippen LogP contribution in [0, 0.1) is 5.92 Å². The van der Waals surface area contributed by atoms with Gasteiger partial charge in [0.15, 0.2) is 17.2 Å². The van der Waals surface area contributed by atoms with Crippen molar-refractivity contribution in [2.75, 3.05) is 32.0 Å². The van der Waals surface area contributed by atoms with Crippen LogP contribution in [0.25, 0.3) is 11.0 Å². The molecule has 1 fully saturated rings. The maximum absolute atomic E-state index is 13.0. The number of benzene rings is 2. The van der Waals surface area contributed by atoms with E-state index in [-0.39, 0.29) is 17.5 Å². The lowest BCUT2D eigenvalue weighted by atomic mass is 10.1. The molecule has 196 valence electrons. The minimum atomic E-state index is -0.541. The molecule has 0 radical (unpaired) electrons. The molecule has 1 amide bonds. The Balaban J connectivity index is 1.56. The van der Waals surface area contributed by atoms with Gasteiger partial charge in [-0.25, -0.2) is 9.78 Å². The molecule has 38 heavy (non-hydrogen) atoms. The van der Waals surface area contributed by atoms with Crippen molar-refractivity contribution in [3.8, 4) is 11.5 Å². The summed E-state index contributed by atoms with van der Waals surface area (Å²) in [5, 5.41) is 7.04. The monoisotopic (exact) mass is 514 g/mol. The van der Waals surface area contributed by atoms with Crippen molar-refractivity contribution in [3.63, 3.8) is 0 Å². The minimum absolute atomic E-state index is 0.0391. The summed E-state index contributed by atoms with van der Waals surface area (Å²) in [6.07, 6.45) is 3.40. The first kappa shape index (κ1) is 25.1. The zero-order chi connectivity index (χ0) is 26.6. The number of amides is 1. The average Bonchev–Trinajstić information content (AvgIpc) is 3.77. The van der Waals surface area contributed by atoms with Gasteiger partial charge in [0, 0.05) is 30.0 Å². The zero-order valence-corrected chi connectivity index (χ0v) is 21.6. The van der Waals surface area contributed by atoms with Gasteiger partial charge in [0.05, 0.1) is 38.9 Å². The zero-order valence-electron chi connectivity index (χ0n) is 21.6. The van der Waals surface area contributed by atoms with E-state index in [1.807, 2.05) is 54.6 Å². The van der Waals surface area contributed by atoms with E-state index in [1.54, 1.807) is 25.0 Å². The number of para-hydroxylation sites is 1. The first-order valence-electron chi connectivity index (χ1n) is 12.4. The van der Waals surface area contributed by atoms with E-state index in [4.69, 9.17) is 19.2 Å². The molecule has 0 spiro atoms. The van der Waals surface area contributed by atoms with E-state index in [0.29, 0.717) is 41.3 Å². The number of aromatic nitrogens is 2. The number of pyridine rings is 1. The van der Waals surface area contributed by atoms with E-state index in [0.717, 1.165) is 29.7 Å². The van der Waals surface area contributed by atoms with E-state index in [9.17, 15) is 9.59 Å². The standard InChI is InChI=1S/C29H30N4O5/c1-36-23-11-7-10-20(26(23)37-2)15-30-21-14-22-24(32-28(34)19-12-13-19)25(29(35)38-3)33(27(22)31-16-21)17-18-8-5-4-6-9-18/h4-11,14,16,19,30H,12-13,15,17H2,1-3H3,(H,32,34). The molecular weight excluding hydrogens is 484 g/mol. The highest BCUT2D eigenvalue weighted by Crippen LogP contribution is 2.37. The van der Waals surface area contributed by atoms with Crippen LogP contribution in [-0.4, -0.2) is 42.8 Å². The van der Waals surface area contributed by atoms with Gasteiger partial charge < -0.3 is 29.4 Å². The normalized spacial score (nSPS) is 12.7. The van der Waals surface area contributed by atoms with Gasteiger partial charge in [0.1, 0.15) is 5.65 Å². The largest absolute Gasteiger partial charge is 0.493 e. The number of carbonyl (C=O) groups excluding carboxylic acids is 2. The Morgan fingerprint density at radius 3 is 2.50 bits per heavy atom. The molecule has 0 aliphatic heterocycles. The fourth-order valence-electron chi connectivity index (χ4n) is 4.54. The van der Waals surface area contributed by atoms with Gasteiger partial charge in [-0.15, -0.1) is 0 Å². The molecule has 0 saturated heterocycles. The first-order chi connectivity index (χ1) is 18.5. The third-order valence-electron chi connectivity index (χ3n) is 6.62. The van der Waals surface area contributed by atoms with Crippen LogP contribution in [0.2, 0.25) is 0 Å². The fourth-order valence-corrected chi connectivity index (χ4v) is 4.54. The fraction of sp³-hybridized carbons (Fsp3) is 0.276. The Labute approximate surface area is 220 Å². The molecule has 0 unspecified atom stereocenters. The van der Waals surface area contributed by atoms with Crippen molar-refractivity contribution >= 4 is 34.3 Å². The highest BCUT2D eigenvalue weighted by Gasteiger charge is 2.33. The quantitative estimate of drug-likeness (QED) is 0.292. The number of ether oxygens (including phenoxy) is 3. The van der Waals surface area contributed by atoms with Crippen molar-refractivity contribution in [2.45, 2.75) is 25.9 Å². The molecule has 2 heterocycles. The number of esters is 1. The average molecular weight is 515 g/mol. The number of nitrogens with zero attached hydrogens (tertiary/aromatic N) is 2. The summed E-state index contributed by atoms with van der Waals surface area (Å²) in [5.41, 5.74) is 3.87. The van der Waals surface area contributed by atoms with Gasteiger partial charge in [0.2, 0.25) is 5.91 Å². The summed E-state index contributed by atoms with van der Waals surface area (Å²) in [6.45, 7) is 0.841. The number of anilines is 2. The van der Waals surface area contributed by atoms with E-state index in [1.165, 1.54) is 7.11 Å². The first-order valence-corrected chi connectivity index (χ1v) is 12.4. The van der Waals surface area contributed by atoms with E-state index in [2.05, 4.69) is 10.6 Å². The number of hydrogen-bond donors (Lipinski definition) is 2. The second kappa shape index (κ2) is 10.8. The molecule has 0 bridgehead atoms. The molecule has 0 atom stereocenters. The van der Waals surface area contributed by atoms with Crippen molar-refractivity contribution < 1.29 is 23.8 Å². The Morgan fingerprint density at radius 1 is 1.03 bits per heavy atom. The van der Waals surface area contributed by atoms with Gasteiger partial charge in [0.25, 0.3) is 0 Å². The molecule has 2 aromatic heterocycles. The van der Waals surface area contributed by atoms with Gasteiger partial charge in [-0.1, -0.05) is 42.5 Å². The molecule has 2 aromatic carbocycles. The predicted octanol–water partition coefficient (Wildman–Crippen LogP) is 4.85. The van der Waals surface area contributed by atoms with Crippen LogP contribution in [0.4, 0.5) is 11.4 Å². The van der Waals surface area contributed by atoms with Crippen LogP contribution >= 0.6 is 0 Å². The summed E-state index contributed by atoms with van der Waals surface area (Å²) in [4.78, 5) is 30.6. The Bertz CT molecular complexity index is 1480. The van der Waals surface area contributed by atoms with Gasteiger partial charge in [-0.3, -0.25) is 4.79 Å². The predicted molar refractivity (Wildman–Crippen MR) is 145 cm³/mol. The summed E-state index contributed by atoms with van der Waals surface area (Å²) < 4.78 is 17.9. The lowest BCUT2D eigenvalue weighted by molar-refractivity contribution is -0.117. The number of methoxy groups -OCH3 is 3. The van der Waals surface area contributed by atoms with Crippen molar-refractivity contribution in [1.82, 2.24) is 9.55 Å². The highest BCUT2D eigenvalue weighted by atomic mass is 16.5. The summed E-state index contributed by atoms with van der Waals surface area (Å²) in [5.74, 6) is 0.610. The number of nitrogens with one attached hydrogen (secondary N) is 2. The molecule has 1 aliphatic rings. The molecule has 4 aromatic rings. The summed E-state index contributed by atoms with van der Waals surface area (Å²) >= 11 is 0. The van der Waals surface area contributed by atoms with E-state index < -0.39 is 5.97 Å². The van der Waals surface area contributed by atoms with Gasteiger partial charge >= 0.3 is 5.97 Å². The number of fused-ring (bicyclic) bond motifs is 1. The molecule has 9 heteroatoms. The SMILES string of the molecule is COC(=O)c1c(NC(=O)C2CC2)c2cc(NCc3cccc(OC)c3OC)cnc2n1Cc1ccccc1. The van der Waals surface area contributed by atoms with Crippen molar-refractivity contribution in [1.29, 1.82) is 0 Å². The maximum Gasteiger partial charge on any atom is 0.356 e. The summed E-state index contributed by atoms with van der Waals surface area (Å²) in [6, 6.07) is 17.4. The molecule has 1 saturated carbocycles. The molecule has 5 rings (SSSR count). The van der Waals surface area contributed by atoms with E-state index >= 15 is 0 Å². The van der Waals surface area contributed by atoms with Crippen LogP contribution in [0.15, 0.2) is 60.8 Å². The highest BCUT2D eigenvalue weighted by molar-refractivity contribution is 6.11. The smallest absolute Gasteiger partial charge is 0.356 e. The molecule has 2 N–H and O–H groups in total. The van der Waals surface area contributed by atoms with Crippen LogP contribution in [-0.2, 0) is 22.6 Å². The van der Waals surface area contributed by atoms with Crippen molar-refractivity contribution in [3.05, 3.63) is 77.6 Å². The maximum atomic E-state index is 13.0. The number of hydrogen-bond acceptors (Lipinski definition) is 7. The Hall–Kier alpha value is -4.53. The third kappa shape index (κ3) is 5.00. The molecular formula is C29H30N4O5. The lowest BCUT2D eigenvalue weighted by Crippen LogP contribution is -2.18.